The number of piperidine rings is 1. The summed E-state index contributed by atoms with van der Waals surface area (Å²) in [7, 11) is -3.59. The normalized spacial score (nSPS) is 17.1. The van der Waals surface area contributed by atoms with E-state index in [-0.39, 0.29) is 37.3 Å². The number of sulfonamides is 1. The molecule has 1 N–H and O–H groups in total. The van der Waals surface area contributed by atoms with Crippen molar-refractivity contribution in [3.05, 3.63) is 49.8 Å². The van der Waals surface area contributed by atoms with Crippen molar-refractivity contribution in [3.8, 4) is 0 Å². The Bertz CT molecular complexity index is 1220. The molecular formula is C24H28Cl2N2O5S2. The summed E-state index contributed by atoms with van der Waals surface area (Å²) in [4.78, 5) is 26.9. The second-order valence-corrected chi connectivity index (χ2v) is 12.7. The Labute approximate surface area is 219 Å². The van der Waals surface area contributed by atoms with E-state index in [2.05, 4.69) is 5.32 Å². The molecule has 1 aromatic carbocycles. The van der Waals surface area contributed by atoms with Gasteiger partial charge >= 0.3 is 5.97 Å². The molecular weight excluding hydrogens is 531 g/mol. The molecule has 1 saturated heterocycles. The largest absolute Gasteiger partial charge is 0.462 e. The third-order valence-corrected chi connectivity index (χ3v) is 10.1. The van der Waals surface area contributed by atoms with Crippen LogP contribution >= 0.6 is 34.5 Å². The molecule has 0 radical (unpaired) electrons. The van der Waals surface area contributed by atoms with Crippen LogP contribution in [0.3, 0.4) is 0 Å². The molecule has 1 amide bonds. The van der Waals surface area contributed by atoms with Crippen LogP contribution in [0.25, 0.3) is 0 Å². The molecule has 2 heterocycles. The molecule has 1 aliphatic heterocycles. The summed E-state index contributed by atoms with van der Waals surface area (Å²) in [6.45, 7) is 2.53. The van der Waals surface area contributed by atoms with Crippen LogP contribution in [0.5, 0.6) is 0 Å². The van der Waals surface area contributed by atoms with E-state index in [0.29, 0.717) is 39.0 Å². The first-order valence-corrected chi connectivity index (χ1v) is 14.9. The second-order valence-electron chi connectivity index (χ2n) is 8.79. The zero-order valence-electron chi connectivity index (χ0n) is 19.4. The lowest BCUT2D eigenvalue weighted by Crippen LogP contribution is -2.42. The highest BCUT2D eigenvalue weighted by molar-refractivity contribution is 7.88. The van der Waals surface area contributed by atoms with Crippen molar-refractivity contribution in [2.75, 3.05) is 25.0 Å². The van der Waals surface area contributed by atoms with Crippen molar-refractivity contribution in [2.24, 2.45) is 5.92 Å². The number of esters is 1. The number of carbonyl (C=O) groups excluding carboxylic acids is 2. The molecule has 4 rings (SSSR count). The molecule has 190 valence electrons. The van der Waals surface area contributed by atoms with Gasteiger partial charge in [-0.2, -0.15) is 0 Å². The molecule has 2 aromatic rings. The monoisotopic (exact) mass is 558 g/mol. The van der Waals surface area contributed by atoms with Gasteiger partial charge in [0, 0.05) is 33.9 Å². The molecule has 0 bridgehead atoms. The zero-order valence-corrected chi connectivity index (χ0v) is 22.6. The van der Waals surface area contributed by atoms with E-state index < -0.39 is 16.0 Å². The highest BCUT2D eigenvalue weighted by atomic mass is 35.5. The third kappa shape index (κ3) is 6.02. The van der Waals surface area contributed by atoms with E-state index >= 15 is 0 Å². The maximum absolute atomic E-state index is 13.1. The first-order chi connectivity index (χ1) is 16.7. The van der Waals surface area contributed by atoms with Crippen molar-refractivity contribution >= 4 is 61.4 Å². The number of nitrogens with one attached hydrogen (secondary N) is 1. The van der Waals surface area contributed by atoms with Gasteiger partial charge in [-0.3, -0.25) is 4.79 Å². The number of thiophene rings is 1. The van der Waals surface area contributed by atoms with Crippen LogP contribution in [-0.4, -0.2) is 44.3 Å². The SMILES string of the molecule is CCOC(=O)c1c(NC(=O)C2CCN(S(=O)(=O)Cc3ccc(Cl)cc3Cl)CC2)sc2c1CCCC2. The number of fused-ring (bicyclic) bond motifs is 1. The Morgan fingerprint density at radius 2 is 1.89 bits per heavy atom. The van der Waals surface area contributed by atoms with Crippen LogP contribution in [0.4, 0.5) is 5.00 Å². The average Bonchev–Trinajstić information content (AvgIpc) is 3.19. The van der Waals surface area contributed by atoms with Gasteiger partial charge in [0.05, 0.1) is 17.9 Å². The number of hydrogen-bond acceptors (Lipinski definition) is 6. The van der Waals surface area contributed by atoms with Gasteiger partial charge in [-0.25, -0.2) is 17.5 Å². The minimum Gasteiger partial charge on any atom is -0.462 e. The Balaban J connectivity index is 1.41. The minimum absolute atomic E-state index is 0.188. The molecule has 2 aliphatic rings. The topological polar surface area (TPSA) is 92.8 Å². The summed E-state index contributed by atoms with van der Waals surface area (Å²) in [6.07, 6.45) is 4.59. The molecule has 0 unspecified atom stereocenters. The first kappa shape index (κ1) is 26.4. The van der Waals surface area contributed by atoms with Crippen molar-refractivity contribution in [1.29, 1.82) is 0 Å². The first-order valence-electron chi connectivity index (χ1n) is 11.7. The summed E-state index contributed by atoms with van der Waals surface area (Å²) >= 11 is 13.5. The number of ether oxygens (including phenoxy) is 1. The number of anilines is 1. The second kappa shape index (κ2) is 11.2. The molecule has 7 nitrogen and oxygen atoms in total. The molecule has 0 saturated carbocycles. The Kier molecular flexibility index (Phi) is 8.43. The van der Waals surface area contributed by atoms with E-state index in [1.807, 2.05) is 0 Å². The molecule has 1 aliphatic carbocycles. The van der Waals surface area contributed by atoms with Crippen LogP contribution in [-0.2, 0) is 38.1 Å². The maximum atomic E-state index is 13.1. The number of benzene rings is 1. The number of amides is 1. The summed E-state index contributed by atoms with van der Waals surface area (Å²) < 4.78 is 32.5. The van der Waals surface area contributed by atoms with Crippen molar-refractivity contribution in [1.82, 2.24) is 4.31 Å². The van der Waals surface area contributed by atoms with Crippen LogP contribution in [0.15, 0.2) is 18.2 Å². The number of hydrogen-bond donors (Lipinski definition) is 1. The smallest absolute Gasteiger partial charge is 0.341 e. The van der Waals surface area contributed by atoms with Gasteiger partial charge in [0.25, 0.3) is 0 Å². The Hall–Kier alpha value is -1.65. The lowest BCUT2D eigenvalue weighted by atomic mass is 9.95. The lowest BCUT2D eigenvalue weighted by Gasteiger charge is -2.30. The summed E-state index contributed by atoms with van der Waals surface area (Å²) in [5, 5.41) is 4.27. The van der Waals surface area contributed by atoms with Gasteiger partial charge in [-0.05, 0) is 68.7 Å². The quantitative estimate of drug-likeness (QED) is 0.466. The van der Waals surface area contributed by atoms with Gasteiger partial charge in [-0.1, -0.05) is 29.3 Å². The third-order valence-electron chi connectivity index (χ3n) is 6.46. The van der Waals surface area contributed by atoms with E-state index in [1.165, 1.54) is 21.7 Å². The number of carbonyl (C=O) groups is 2. The predicted molar refractivity (Wildman–Crippen MR) is 139 cm³/mol. The number of nitrogens with zero attached hydrogens (tertiary/aromatic N) is 1. The fourth-order valence-electron chi connectivity index (χ4n) is 4.61. The molecule has 0 spiro atoms. The van der Waals surface area contributed by atoms with Crippen molar-refractivity contribution in [2.45, 2.75) is 51.2 Å². The number of rotatable bonds is 7. The fraction of sp³-hybridized carbons (Fsp3) is 0.500. The molecule has 35 heavy (non-hydrogen) atoms. The van der Waals surface area contributed by atoms with Gasteiger partial charge in [-0.15, -0.1) is 11.3 Å². The van der Waals surface area contributed by atoms with E-state index in [0.717, 1.165) is 36.1 Å². The van der Waals surface area contributed by atoms with Crippen LogP contribution in [0.1, 0.15) is 59.0 Å². The summed E-state index contributed by atoms with van der Waals surface area (Å²) in [5.41, 5.74) is 1.97. The Morgan fingerprint density at radius 3 is 2.57 bits per heavy atom. The predicted octanol–water partition coefficient (Wildman–Crippen LogP) is 5.29. The fourth-order valence-corrected chi connectivity index (χ4v) is 8.04. The van der Waals surface area contributed by atoms with Gasteiger partial charge < -0.3 is 10.1 Å². The Morgan fingerprint density at radius 1 is 1.17 bits per heavy atom. The van der Waals surface area contributed by atoms with Gasteiger partial charge in [0.15, 0.2) is 0 Å². The number of aryl methyl sites for hydroxylation is 1. The highest BCUT2D eigenvalue weighted by Gasteiger charge is 2.33. The van der Waals surface area contributed by atoms with E-state index in [4.69, 9.17) is 27.9 Å². The van der Waals surface area contributed by atoms with Crippen LogP contribution < -0.4 is 5.32 Å². The maximum Gasteiger partial charge on any atom is 0.341 e. The molecule has 11 heteroatoms. The van der Waals surface area contributed by atoms with E-state index in [1.54, 1.807) is 19.1 Å². The molecule has 1 fully saturated rings. The van der Waals surface area contributed by atoms with Crippen LogP contribution in [0, 0.1) is 5.92 Å². The number of halogens is 2. The lowest BCUT2D eigenvalue weighted by molar-refractivity contribution is -0.120. The molecule has 0 atom stereocenters. The van der Waals surface area contributed by atoms with E-state index in [9.17, 15) is 18.0 Å². The van der Waals surface area contributed by atoms with Gasteiger partial charge in [0.1, 0.15) is 5.00 Å². The average molecular weight is 560 g/mol. The van der Waals surface area contributed by atoms with Crippen molar-refractivity contribution in [3.63, 3.8) is 0 Å². The highest BCUT2D eigenvalue weighted by Crippen LogP contribution is 2.39. The zero-order chi connectivity index (χ0) is 25.2. The summed E-state index contributed by atoms with van der Waals surface area (Å²) in [5.74, 6) is -1.14. The standard InChI is InChI=1S/C24H28Cl2N2O5S2/c1-2-33-24(30)21-18-5-3-4-6-20(18)34-23(21)27-22(29)15-9-11-28(12-10-15)35(31,32)14-16-7-8-17(25)13-19(16)26/h7-8,13,15H,2-6,9-12,14H2,1H3,(H,27,29). The van der Waals surface area contributed by atoms with Crippen molar-refractivity contribution < 1.29 is 22.7 Å². The van der Waals surface area contributed by atoms with Crippen LogP contribution in [0.2, 0.25) is 10.0 Å². The molecule has 1 aromatic heterocycles. The minimum atomic E-state index is -3.59. The summed E-state index contributed by atoms with van der Waals surface area (Å²) in [6, 6.07) is 4.75. The van der Waals surface area contributed by atoms with Gasteiger partial charge in [0.2, 0.25) is 15.9 Å².